The van der Waals surface area contributed by atoms with Crippen LogP contribution in [-0.2, 0) is 5.41 Å². The maximum atomic E-state index is 13.1. The van der Waals surface area contributed by atoms with Crippen molar-refractivity contribution in [3.63, 3.8) is 0 Å². The normalized spacial score (nSPS) is 16.7. The summed E-state index contributed by atoms with van der Waals surface area (Å²) in [5, 5.41) is 4.08. The maximum absolute atomic E-state index is 13.1. The van der Waals surface area contributed by atoms with E-state index >= 15 is 0 Å². The number of aromatic nitrogens is 2. The molecule has 6 nitrogen and oxygen atoms in total. The van der Waals surface area contributed by atoms with Crippen molar-refractivity contribution in [2.24, 2.45) is 11.7 Å². The molecule has 1 saturated heterocycles. The fourth-order valence-electron chi connectivity index (χ4n) is 3.29. The van der Waals surface area contributed by atoms with Gasteiger partial charge >= 0.3 is 0 Å². The SMILES string of the molecule is CC(N)C1CCN(C(=O)c2ccccc2-c2nc(C(C)(C)C)no2)CC1.Cl. The highest BCUT2D eigenvalue weighted by molar-refractivity contribution is 6.00. The van der Waals surface area contributed by atoms with Gasteiger partial charge in [-0.25, -0.2) is 0 Å². The second kappa shape index (κ2) is 8.40. The summed E-state index contributed by atoms with van der Waals surface area (Å²) in [4.78, 5) is 19.5. The topological polar surface area (TPSA) is 85.2 Å². The third kappa shape index (κ3) is 4.68. The molecule has 0 bridgehead atoms. The fourth-order valence-corrected chi connectivity index (χ4v) is 3.29. The Hall–Kier alpha value is -1.92. The molecule has 1 unspecified atom stereocenters. The van der Waals surface area contributed by atoms with Gasteiger partial charge in [0.1, 0.15) is 0 Å². The number of rotatable bonds is 3. The van der Waals surface area contributed by atoms with Crippen LogP contribution < -0.4 is 5.73 Å². The van der Waals surface area contributed by atoms with E-state index in [1.165, 1.54) is 0 Å². The molecule has 1 fully saturated rings. The molecule has 3 rings (SSSR count). The molecule has 1 aliphatic rings. The first kappa shape index (κ1) is 21.4. The third-order valence-electron chi connectivity index (χ3n) is 5.06. The van der Waals surface area contributed by atoms with Gasteiger partial charge in [-0.05, 0) is 37.8 Å². The van der Waals surface area contributed by atoms with E-state index in [1.54, 1.807) is 0 Å². The lowest BCUT2D eigenvalue weighted by Crippen LogP contribution is -2.42. The van der Waals surface area contributed by atoms with Crippen molar-refractivity contribution in [1.29, 1.82) is 0 Å². The largest absolute Gasteiger partial charge is 0.339 e. The van der Waals surface area contributed by atoms with Crippen molar-refractivity contribution in [1.82, 2.24) is 15.0 Å². The van der Waals surface area contributed by atoms with Gasteiger partial charge in [-0.2, -0.15) is 4.98 Å². The number of carbonyl (C=O) groups excluding carboxylic acids is 1. The van der Waals surface area contributed by atoms with Crippen molar-refractivity contribution in [2.75, 3.05) is 13.1 Å². The van der Waals surface area contributed by atoms with Gasteiger partial charge in [0.05, 0.1) is 11.1 Å². The number of hydrogen-bond acceptors (Lipinski definition) is 5. The summed E-state index contributed by atoms with van der Waals surface area (Å²) in [6.07, 6.45) is 1.89. The highest BCUT2D eigenvalue weighted by Crippen LogP contribution is 2.28. The lowest BCUT2D eigenvalue weighted by Gasteiger charge is -2.34. The number of hydrogen-bond donors (Lipinski definition) is 1. The summed E-state index contributed by atoms with van der Waals surface area (Å²) < 4.78 is 5.46. The molecule has 1 aromatic heterocycles. The standard InChI is InChI=1S/C20H28N4O2.ClH/c1-13(21)14-9-11-24(12-10-14)18(25)16-8-6-5-7-15(16)17-22-19(23-26-17)20(2,3)4;/h5-8,13-14H,9-12,21H2,1-4H3;1H. The number of carbonyl (C=O) groups is 1. The van der Waals surface area contributed by atoms with E-state index in [0.29, 0.717) is 28.8 Å². The van der Waals surface area contributed by atoms with Gasteiger partial charge in [0.2, 0.25) is 0 Å². The van der Waals surface area contributed by atoms with E-state index in [2.05, 4.69) is 10.1 Å². The van der Waals surface area contributed by atoms with E-state index in [9.17, 15) is 4.79 Å². The van der Waals surface area contributed by atoms with Crippen molar-refractivity contribution in [2.45, 2.75) is 52.0 Å². The Balaban J connectivity index is 0.00000261. The quantitative estimate of drug-likeness (QED) is 0.861. The van der Waals surface area contributed by atoms with Crippen LogP contribution in [0.2, 0.25) is 0 Å². The number of nitrogens with zero attached hydrogens (tertiary/aromatic N) is 3. The van der Waals surface area contributed by atoms with Crippen LogP contribution in [0.1, 0.15) is 56.7 Å². The minimum absolute atomic E-state index is 0. The zero-order valence-corrected chi connectivity index (χ0v) is 17.3. The van der Waals surface area contributed by atoms with Crippen molar-refractivity contribution in [3.05, 3.63) is 35.7 Å². The Morgan fingerprint density at radius 3 is 2.44 bits per heavy atom. The predicted octanol–water partition coefficient (Wildman–Crippen LogP) is 3.66. The molecule has 27 heavy (non-hydrogen) atoms. The minimum Gasteiger partial charge on any atom is -0.339 e. The Morgan fingerprint density at radius 2 is 1.89 bits per heavy atom. The van der Waals surface area contributed by atoms with Gasteiger partial charge in [0.25, 0.3) is 11.8 Å². The molecule has 2 N–H and O–H groups in total. The van der Waals surface area contributed by atoms with E-state index < -0.39 is 0 Å². The van der Waals surface area contributed by atoms with Crippen LogP contribution in [0.5, 0.6) is 0 Å². The van der Waals surface area contributed by atoms with Crippen LogP contribution >= 0.6 is 12.4 Å². The molecule has 0 spiro atoms. The average Bonchev–Trinajstić information content (AvgIpc) is 3.11. The van der Waals surface area contributed by atoms with Gasteiger partial charge in [0.15, 0.2) is 5.82 Å². The molecule has 148 valence electrons. The number of amides is 1. The average molecular weight is 393 g/mol. The maximum Gasteiger partial charge on any atom is 0.258 e. The van der Waals surface area contributed by atoms with Crippen LogP contribution in [0.25, 0.3) is 11.5 Å². The van der Waals surface area contributed by atoms with Gasteiger partial charge < -0.3 is 15.2 Å². The second-order valence-electron chi connectivity index (χ2n) is 8.21. The van der Waals surface area contributed by atoms with Gasteiger partial charge in [-0.15, -0.1) is 12.4 Å². The lowest BCUT2D eigenvalue weighted by atomic mass is 9.90. The third-order valence-corrected chi connectivity index (χ3v) is 5.06. The Labute approximate surface area is 166 Å². The Bertz CT molecular complexity index is 774. The van der Waals surface area contributed by atoms with Crippen LogP contribution in [0.3, 0.4) is 0 Å². The highest BCUT2D eigenvalue weighted by atomic mass is 35.5. The van der Waals surface area contributed by atoms with Crippen LogP contribution in [0, 0.1) is 5.92 Å². The lowest BCUT2D eigenvalue weighted by molar-refractivity contribution is 0.0681. The predicted molar refractivity (Wildman–Crippen MR) is 108 cm³/mol. The van der Waals surface area contributed by atoms with E-state index in [0.717, 1.165) is 25.9 Å². The highest BCUT2D eigenvalue weighted by Gasteiger charge is 2.28. The van der Waals surface area contributed by atoms with E-state index in [1.807, 2.05) is 56.9 Å². The number of nitrogens with two attached hydrogens (primary N) is 1. The van der Waals surface area contributed by atoms with E-state index in [4.69, 9.17) is 10.3 Å². The van der Waals surface area contributed by atoms with Crippen LogP contribution in [0.4, 0.5) is 0 Å². The monoisotopic (exact) mass is 392 g/mol. The molecular weight excluding hydrogens is 364 g/mol. The molecule has 0 saturated carbocycles. The summed E-state index contributed by atoms with van der Waals surface area (Å²) >= 11 is 0. The van der Waals surface area contributed by atoms with Crippen LogP contribution in [0.15, 0.2) is 28.8 Å². The number of halogens is 1. The zero-order valence-electron chi connectivity index (χ0n) is 16.4. The molecule has 1 aliphatic heterocycles. The Kier molecular flexibility index (Phi) is 6.65. The molecule has 0 aliphatic carbocycles. The van der Waals surface area contributed by atoms with Crippen molar-refractivity contribution >= 4 is 18.3 Å². The minimum atomic E-state index is -0.207. The van der Waals surface area contributed by atoms with Gasteiger partial charge in [-0.3, -0.25) is 4.79 Å². The molecular formula is C20H29ClN4O2. The summed E-state index contributed by atoms with van der Waals surface area (Å²) in [7, 11) is 0. The van der Waals surface area contributed by atoms with Gasteiger partial charge in [-0.1, -0.05) is 38.1 Å². The van der Waals surface area contributed by atoms with Crippen molar-refractivity contribution in [3.8, 4) is 11.5 Å². The zero-order chi connectivity index (χ0) is 18.9. The number of benzene rings is 1. The molecule has 1 aromatic carbocycles. The first-order valence-corrected chi connectivity index (χ1v) is 9.26. The summed E-state index contributed by atoms with van der Waals surface area (Å²) in [6.45, 7) is 9.59. The van der Waals surface area contributed by atoms with E-state index in [-0.39, 0.29) is 29.8 Å². The molecule has 7 heteroatoms. The molecule has 2 heterocycles. The number of likely N-dealkylation sites (tertiary alicyclic amines) is 1. The number of piperidine rings is 1. The summed E-state index contributed by atoms with van der Waals surface area (Å²) in [5.41, 5.74) is 7.10. The smallest absolute Gasteiger partial charge is 0.258 e. The van der Waals surface area contributed by atoms with Crippen LogP contribution in [-0.4, -0.2) is 40.1 Å². The summed E-state index contributed by atoms with van der Waals surface area (Å²) in [6, 6.07) is 7.62. The molecule has 1 amide bonds. The fraction of sp³-hybridized carbons (Fsp3) is 0.550. The first-order valence-electron chi connectivity index (χ1n) is 9.26. The van der Waals surface area contributed by atoms with Crippen molar-refractivity contribution < 1.29 is 9.32 Å². The molecule has 2 aromatic rings. The molecule has 0 radical (unpaired) electrons. The first-order chi connectivity index (χ1) is 12.3. The summed E-state index contributed by atoms with van der Waals surface area (Å²) in [5.74, 6) is 1.52. The second-order valence-corrected chi connectivity index (χ2v) is 8.21. The Morgan fingerprint density at radius 1 is 1.26 bits per heavy atom. The van der Waals surface area contributed by atoms with Gasteiger partial charge in [0, 0.05) is 24.5 Å². The molecule has 1 atom stereocenters.